The zero-order chi connectivity index (χ0) is 28.9. The van der Waals surface area contributed by atoms with Gasteiger partial charge in [0.2, 0.25) is 17.7 Å². The van der Waals surface area contributed by atoms with Crippen molar-refractivity contribution in [3.05, 3.63) is 25.3 Å². The number of fused-ring (bicyclic) bond motifs is 1. The van der Waals surface area contributed by atoms with Gasteiger partial charge in [-0.25, -0.2) is 0 Å². The lowest BCUT2D eigenvalue weighted by molar-refractivity contribution is -0.153. The monoisotopic (exact) mass is 560 g/mol. The molecule has 10 nitrogen and oxygen atoms in total. The van der Waals surface area contributed by atoms with Crippen LogP contribution in [0.2, 0.25) is 0 Å². The van der Waals surface area contributed by atoms with Gasteiger partial charge < -0.3 is 29.3 Å². The van der Waals surface area contributed by atoms with Gasteiger partial charge in [-0.1, -0.05) is 19.1 Å². The molecular formula is C30H48N4O6. The average molecular weight is 561 g/mol. The molecule has 0 aromatic carbocycles. The van der Waals surface area contributed by atoms with Gasteiger partial charge in [0.25, 0.3) is 0 Å². The Morgan fingerprint density at radius 2 is 1.73 bits per heavy atom. The Morgan fingerprint density at radius 1 is 1.05 bits per heavy atom. The van der Waals surface area contributed by atoms with Crippen LogP contribution in [0, 0.1) is 11.8 Å². The van der Waals surface area contributed by atoms with Crippen molar-refractivity contribution in [2.75, 3.05) is 72.2 Å². The molecule has 0 aromatic heterocycles. The standard InChI is InChI=1S/C30H48N4O6/c1-5-12-32(13-6-2)26(36)23-24-27(37)34(15-8-9-20-35)25(30(24)11-10-29(23,4)40-30)28(38)33(14-7-3)17-16-31-18-21-39-22-19-31/h5,7,23-25,35H,1,3,6,8-22H2,2,4H3/t23-,24-,25?,29+,30?/m0/s1. The quantitative estimate of drug-likeness (QED) is 0.238. The summed E-state index contributed by atoms with van der Waals surface area (Å²) in [6, 6.07) is -0.813. The summed E-state index contributed by atoms with van der Waals surface area (Å²) in [5.74, 6) is -1.79. The fraction of sp³-hybridized carbons (Fsp3) is 0.767. The molecule has 4 aliphatic heterocycles. The zero-order valence-corrected chi connectivity index (χ0v) is 24.4. The van der Waals surface area contributed by atoms with Crippen LogP contribution in [0.5, 0.6) is 0 Å². The molecule has 10 heteroatoms. The third-order valence-electron chi connectivity index (χ3n) is 9.19. The summed E-state index contributed by atoms with van der Waals surface area (Å²) in [5, 5.41) is 9.42. The maximum absolute atomic E-state index is 14.4. The number of likely N-dealkylation sites (tertiary alicyclic amines) is 1. The van der Waals surface area contributed by atoms with E-state index in [-0.39, 0.29) is 24.3 Å². The Bertz CT molecular complexity index is 954. The van der Waals surface area contributed by atoms with Crippen LogP contribution in [0.15, 0.2) is 25.3 Å². The smallest absolute Gasteiger partial charge is 0.248 e. The molecule has 4 rings (SSSR count). The van der Waals surface area contributed by atoms with E-state index in [0.29, 0.717) is 78.2 Å². The SMILES string of the molecule is C=CCN(CCN1CCOCC1)C(=O)C1N(CCCCO)C(=O)[C@@H]2[C@@H](C(=O)N(CC=C)CCC)[C@@]3(C)CCC12O3. The highest BCUT2D eigenvalue weighted by Gasteiger charge is 2.78. The second kappa shape index (κ2) is 13.1. The van der Waals surface area contributed by atoms with Gasteiger partial charge in [-0.15, -0.1) is 13.2 Å². The van der Waals surface area contributed by atoms with Crippen molar-refractivity contribution in [3.63, 3.8) is 0 Å². The van der Waals surface area contributed by atoms with Crippen molar-refractivity contribution in [3.8, 4) is 0 Å². The van der Waals surface area contributed by atoms with Gasteiger partial charge in [0.15, 0.2) is 0 Å². The molecule has 4 saturated heterocycles. The molecule has 4 fully saturated rings. The molecule has 0 radical (unpaired) electrons. The molecule has 0 aromatic rings. The molecule has 1 spiro atoms. The molecule has 2 unspecified atom stereocenters. The second-order valence-corrected chi connectivity index (χ2v) is 11.8. The Balaban J connectivity index is 1.66. The molecule has 0 saturated carbocycles. The number of ether oxygens (including phenoxy) is 2. The van der Waals surface area contributed by atoms with E-state index >= 15 is 0 Å². The van der Waals surface area contributed by atoms with E-state index in [4.69, 9.17) is 9.47 Å². The van der Waals surface area contributed by atoms with Crippen LogP contribution in [-0.2, 0) is 23.9 Å². The third kappa shape index (κ3) is 5.60. The maximum Gasteiger partial charge on any atom is 0.248 e. The Morgan fingerprint density at radius 3 is 2.35 bits per heavy atom. The molecule has 224 valence electrons. The number of morpholine rings is 1. The second-order valence-electron chi connectivity index (χ2n) is 11.8. The van der Waals surface area contributed by atoms with Crippen LogP contribution >= 0.6 is 0 Å². The first kappa shape index (κ1) is 30.7. The van der Waals surface area contributed by atoms with Gasteiger partial charge in [-0.2, -0.15) is 0 Å². The summed E-state index contributed by atoms with van der Waals surface area (Å²) in [6.45, 7) is 17.6. The number of hydrogen-bond acceptors (Lipinski definition) is 7. The molecule has 4 heterocycles. The lowest BCUT2D eigenvalue weighted by Crippen LogP contribution is -2.57. The van der Waals surface area contributed by atoms with Crippen molar-refractivity contribution < 1.29 is 29.0 Å². The molecule has 5 atom stereocenters. The van der Waals surface area contributed by atoms with Crippen molar-refractivity contribution >= 4 is 17.7 Å². The van der Waals surface area contributed by atoms with Crippen molar-refractivity contribution in [1.82, 2.24) is 19.6 Å². The topological polar surface area (TPSA) is 103 Å². The van der Waals surface area contributed by atoms with E-state index in [1.807, 2.05) is 13.8 Å². The van der Waals surface area contributed by atoms with E-state index < -0.39 is 29.1 Å². The van der Waals surface area contributed by atoms with E-state index in [1.54, 1.807) is 26.9 Å². The Kier molecular flexibility index (Phi) is 10.1. The highest BCUT2D eigenvalue weighted by Crippen LogP contribution is 2.63. The summed E-state index contributed by atoms with van der Waals surface area (Å²) in [6.07, 6.45) is 6.49. The fourth-order valence-corrected chi connectivity index (χ4v) is 7.34. The first-order chi connectivity index (χ1) is 19.3. The van der Waals surface area contributed by atoms with Gasteiger partial charge in [-0.05, 0) is 39.0 Å². The zero-order valence-electron chi connectivity index (χ0n) is 24.4. The minimum atomic E-state index is -1.05. The predicted octanol–water partition coefficient (Wildman–Crippen LogP) is 1.30. The summed E-state index contributed by atoms with van der Waals surface area (Å²) >= 11 is 0. The summed E-state index contributed by atoms with van der Waals surface area (Å²) in [5.41, 5.74) is -1.86. The van der Waals surface area contributed by atoms with E-state index in [1.165, 1.54) is 0 Å². The molecule has 0 aliphatic carbocycles. The van der Waals surface area contributed by atoms with Gasteiger partial charge >= 0.3 is 0 Å². The predicted molar refractivity (Wildman–Crippen MR) is 151 cm³/mol. The number of nitrogens with zero attached hydrogens (tertiary/aromatic N) is 4. The number of rotatable bonds is 15. The molecule has 4 aliphatic rings. The van der Waals surface area contributed by atoms with Crippen LogP contribution in [0.3, 0.4) is 0 Å². The number of carbonyl (C=O) groups is 3. The van der Waals surface area contributed by atoms with Crippen LogP contribution in [0.25, 0.3) is 0 Å². The summed E-state index contributed by atoms with van der Waals surface area (Å²) < 4.78 is 12.3. The van der Waals surface area contributed by atoms with E-state index in [9.17, 15) is 19.5 Å². The van der Waals surface area contributed by atoms with Crippen molar-refractivity contribution in [2.24, 2.45) is 11.8 Å². The lowest BCUT2D eigenvalue weighted by atomic mass is 9.66. The highest BCUT2D eigenvalue weighted by atomic mass is 16.5. The van der Waals surface area contributed by atoms with Gasteiger partial charge in [0.05, 0.1) is 30.7 Å². The van der Waals surface area contributed by atoms with Crippen LogP contribution < -0.4 is 0 Å². The molecule has 2 bridgehead atoms. The Labute approximate surface area is 238 Å². The molecule has 1 N–H and O–H groups in total. The molecular weight excluding hydrogens is 512 g/mol. The number of carbonyl (C=O) groups excluding carboxylic acids is 3. The van der Waals surface area contributed by atoms with Crippen LogP contribution in [0.4, 0.5) is 0 Å². The Hall–Kier alpha value is -2.27. The van der Waals surface area contributed by atoms with Gasteiger partial charge in [0.1, 0.15) is 11.6 Å². The maximum atomic E-state index is 14.4. The fourth-order valence-electron chi connectivity index (χ4n) is 7.34. The summed E-state index contributed by atoms with van der Waals surface area (Å²) in [4.78, 5) is 50.2. The van der Waals surface area contributed by atoms with Gasteiger partial charge in [0, 0.05) is 59.0 Å². The van der Waals surface area contributed by atoms with Crippen LogP contribution in [0.1, 0.15) is 46.0 Å². The van der Waals surface area contributed by atoms with Crippen LogP contribution in [-0.4, -0.2) is 132 Å². The minimum Gasteiger partial charge on any atom is -0.396 e. The van der Waals surface area contributed by atoms with Crippen molar-refractivity contribution in [2.45, 2.75) is 63.2 Å². The minimum absolute atomic E-state index is 0.0145. The lowest BCUT2D eigenvalue weighted by Gasteiger charge is -2.37. The number of aliphatic hydroxyl groups is 1. The number of aliphatic hydroxyl groups excluding tert-OH is 1. The molecule has 3 amide bonds. The average Bonchev–Trinajstić information content (AvgIpc) is 3.51. The third-order valence-corrected chi connectivity index (χ3v) is 9.19. The number of amides is 3. The summed E-state index contributed by atoms with van der Waals surface area (Å²) in [7, 11) is 0. The van der Waals surface area contributed by atoms with E-state index in [0.717, 1.165) is 19.5 Å². The largest absolute Gasteiger partial charge is 0.396 e. The van der Waals surface area contributed by atoms with Gasteiger partial charge in [-0.3, -0.25) is 19.3 Å². The first-order valence-corrected chi connectivity index (χ1v) is 15.0. The normalized spacial score (nSPS) is 31.3. The highest BCUT2D eigenvalue weighted by molar-refractivity contribution is 5.99. The molecule has 40 heavy (non-hydrogen) atoms. The van der Waals surface area contributed by atoms with Crippen molar-refractivity contribution in [1.29, 1.82) is 0 Å². The number of hydrogen-bond donors (Lipinski definition) is 1. The first-order valence-electron chi connectivity index (χ1n) is 15.0. The van der Waals surface area contributed by atoms with E-state index in [2.05, 4.69) is 18.1 Å². The number of unbranched alkanes of at least 4 members (excludes halogenated alkanes) is 1.